The predicted molar refractivity (Wildman–Crippen MR) is 68.2 cm³/mol. The van der Waals surface area contributed by atoms with Gasteiger partial charge < -0.3 is 4.74 Å². The van der Waals surface area contributed by atoms with Gasteiger partial charge >= 0.3 is 0 Å². The highest BCUT2D eigenvalue weighted by Gasteiger charge is 1.98. The summed E-state index contributed by atoms with van der Waals surface area (Å²) < 4.78 is 5.70. The van der Waals surface area contributed by atoms with Gasteiger partial charge in [0.25, 0.3) is 0 Å². The topological polar surface area (TPSA) is 9.23 Å². The first kappa shape index (κ1) is 14.7. The van der Waals surface area contributed by atoms with Crippen molar-refractivity contribution in [2.75, 3.05) is 6.61 Å². The van der Waals surface area contributed by atoms with E-state index in [1.165, 1.54) is 25.7 Å². The quantitative estimate of drug-likeness (QED) is 0.402. The van der Waals surface area contributed by atoms with E-state index in [1.807, 2.05) is 0 Å². The van der Waals surface area contributed by atoms with E-state index in [9.17, 15) is 0 Å². The van der Waals surface area contributed by atoms with Crippen LogP contribution in [0.1, 0.15) is 59.8 Å². The summed E-state index contributed by atoms with van der Waals surface area (Å²) in [6.45, 7) is 9.79. The van der Waals surface area contributed by atoms with E-state index in [0.717, 1.165) is 18.9 Å². The Bertz CT molecular complexity index is 149. The van der Waals surface area contributed by atoms with Crippen LogP contribution in [-0.2, 0) is 4.74 Å². The van der Waals surface area contributed by atoms with Gasteiger partial charge in [-0.2, -0.15) is 0 Å². The Morgan fingerprint density at radius 1 is 1.00 bits per heavy atom. The summed E-state index contributed by atoms with van der Waals surface area (Å²) in [6.07, 6.45) is 10.9. The van der Waals surface area contributed by atoms with Crippen LogP contribution in [0.3, 0.4) is 0 Å². The molecule has 0 aliphatic heterocycles. The van der Waals surface area contributed by atoms with Gasteiger partial charge in [0.05, 0.1) is 6.10 Å². The highest BCUT2D eigenvalue weighted by Crippen LogP contribution is 2.05. The molecule has 90 valence electrons. The molecule has 0 fully saturated rings. The highest BCUT2D eigenvalue weighted by atomic mass is 16.5. The monoisotopic (exact) mass is 212 g/mol. The molecule has 1 heteroatoms. The van der Waals surface area contributed by atoms with Gasteiger partial charge in [-0.1, -0.05) is 45.8 Å². The Balaban J connectivity index is 3.32. The van der Waals surface area contributed by atoms with E-state index in [2.05, 4.69) is 39.8 Å². The second kappa shape index (κ2) is 10.2. The first-order valence-corrected chi connectivity index (χ1v) is 6.43. The Labute approximate surface area is 95.9 Å². The lowest BCUT2D eigenvalue weighted by molar-refractivity contribution is 0.0654. The van der Waals surface area contributed by atoms with E-state index in [4.69, 9.17) is 4.74 Å². The summed E-state index contributed by atoms with van der Waals surface area (Å²) in [5, 5.41) is 0. The van der Waals surface area contributed by atoms with Gasteiger partial charge in [0.15, 0.2) is 0 Å². The number of ether oxygens (including phenoxy) is 1. The number of rotatable bonds is 9. The van der Waals surface area contributed by atoms with Crippen molar-refractivity contribution >= 4 is 0 Å². The Hall–Kier alpha value is -0.300. The molecule has 0 radical (unpaired) electrons. The number of allylic oxidation sites excluding steroid dienone is 1. The lowest BCUT2D eigenvalue weighted by atomic mass is 10.1. The van der Waals surface area contributed by atoms with Gasteiger partial charge in [0, 0.05) is 6.61 Å². The molecule has 0 saturated heterocycles. The van der Waals surface area contributed by atoms with E-state index in [1.54, 1.807) is 0 Å². The SMILES string of the molecule is CCCCCOC(C)C/C=C\CC(C)C. The fourth-order valence-electron chi connectivity index (χ4n) is 1.36. The van der Waals surface area contributed by atoms with Crippen LogP contribution in [0.25, 0.3) is 0 Å². The summed E-state index contributed by atoms with van der Waals surface area (Å²) in [7, 11) is 0. The normalized spacial score (nSPS) is 13.9. The third-order valence-electron chi connectivity index (χ3n) is 2.39. The molecule has 1 atom stereocenters. The Morgan fingerprint density at radius 3 is 2.27 bits per heavy atom. The zero-order valence-corrected chi connectivity index (χ0v) is 11.0. The van der Waals surface area contributed by atoms with Gasteiger partial charge in [0.1, 0.15) is 0 Å². The van der Waals surface area contributed by atoms with Crippen molar-refractivity contribution in [3.63, 3.8) is 0 Å². The maximum atomic E-state index is 5.70. The minimum Gasteiger partial charge on any atom is -0.378 e. The van der Waals surface area contributed by atoms with Crippen LogP contribution in [0.15, 0.2) is 12.2 Å². The molecule has 0 aromatic heterocycles. The molecular weight excluding hydrogens is 184 g/mol. The average Bonchev–Trinajstić information content (AvgIpc) is 2.19. The van der Waals surface area contributed by atoms with Crippen LogP contribution in [0.5, 0.6) is 0 Å². The molecule has 1 unspecified atom stereocenters. The molecule has 0 amide bonds. The van der Waals surface area contributed by atoms with Crippen LogP contribution in [0, 0.1) is 5.92 Å². The summed E-state index contributed by atoms with van der Waals surface area (Å²) >= 11 is 0. The summed E-state index contributed by atoms with van der Waals surface area (Å²) in [6, 6.07) is 0. The van der Waals surface area contributed by atoms with Gasteiger partial charge in [-0.25, -0.2) is 0 Å². The first-order valence-electron chi connectivity index (χ1n) is 6.43. The molecule has 0 rings (SSSR count). The number of hydrogen-bond donors (Lipinski definition) is 0. The third kappa shape index (κ3) is 11.6. The molecule has 0 heterocycles. The molecule has 0 bridgehead atoms. The molecule has 1 nitrogen and oxygen atoms in total. The van der Waals surface area contributed by atoms with Crippen molar-refractivity contribution in [1.82, 2.24) is 0 Å². The fraction of sp³-hybridized carbons (Fsp3) is 0.857. The molecule has 0 saturated carbocycles. The molecule has 15 heavy (non-hydrogen) atoms. The van der Waals surface area contributed by atoms with Gasteiger partial charge in [-0.15, -0.1) is 0 Å². The van der Waals surface area contributed by atoms with Crippen LogP contribution < -0.4 is 0 Å². The largest absolute Gasteiger partial charge is 0.378 e. The van der Waals surface area contributed by atoms with E-state index in [-0.39, 0.29) is 0 Å². The molecule has 0 aliphatic carbocycles. The molecule has 0 aromatic carbocycles. The fourth-order valence-corrected chi connectivity index (χ4v) is 1.36. The second-order valence-corrected chi connectivity index (χ2v) is 4.73. The first-order chi connectivity index (χ1) is 7.16. The zero-order chi connectivity index (χ0) is 11.5. The van der Waals surface area contributed by atoms with Crippen molar-refractivity contribution in [1.29, 1.82) is 0 Å². The molecule has 0 aliphatic rings. The van der Waals surface area contributed by atoms with Gasteiger partial charge in [-0.05, 0) is 32.1 Å². The van der Waals surface area contributed by atoms with Crippen molar-refractivity contribution in [3.05, 3.63) is 12.2 Å². The molecular formula is C14H28O. The standard InChI is InChI=1S/C14H28O/c1-5-6-9-12-15-14(4)11-8-7-10-13(2)3/h7-8,13-14H,5-6,9-12H2,1-4H3/b8-7-. The lowest BCUT2D eigenvalue weighted by Gasteiger charge is -2.10. The van der Waals surface area contributed by atoms with Crippen molar-refractivity contribution < 1.29 is 4.74 Å². The van der Waals surface area contributed by atoms with Crippen LogP contribution >= 0.6 is 0 Å². The maximum Gasteiger partial charge on any atom is 0.0581 e. The number of unbranched alkanes of at least 4 members (excludes halogenated alkanes) is 2. The second-order valence-electron chi connectivity index (χ2n) is 4.73. The van der Waals surface area contributed by atoms with Gasteiger partial charge in [0.2, 0.25) is 0 Å². The molecule has 0 spiro atoms. The highest BCUT2D eigenvalue weighted by molar-refractivity contribution is 4.84. The maximum absolute atomic E-state index is 5.70. The predicted octanol–water partition coefficient (Wildman–Crippen LogP) is 4.57. The van der Waals surface area contributed by atoms with Crippen molar-refractivity contribution in [3.8, 4) is 0 Å². The molecule has 0 aromatic rings. The van der Waals surface area contributed by atoms with E-state index < -0.39 is 0 Å². The number of hydrogen-bond acceptors (Lipinski definition) is 1. The summed E-state index contributed by atoms with van der Waals surface area (Å²) in [4.78, 5) is 0. The van der Waals surface area contributed by atoms with Crippen molar-refractivity contribution in [2.24, 2.45) is 5.92 Å². The van der Waals surface area contributed by atoms with Gasteiger partial charge in [-0.3, -0.25) is 0 Å². The molecule has 0 N–H and O–H groups in total. The van der Waals surface area contributed by atoms with E-state index >= 15 is 0 Å². The lowest BCUT2D eigenvalue weighted by Crippen LogP contribution is -2.07. The third-order valence-corrected chi connectivity index (χ3v) is 2.39. The minimum atomic E-state index is 0.380. The van der Waals surface area contributed by atoms with Crippen LogP contribution in [-0.4, -0.2) is 12.7 Å². The Kier molecular flexibility index (Phi) is 10.0. The summed E-state index contributed by atoms with van der Waals surface area (Å²) in [5.41, 5.74) is 0. The summed E-state index contributed by atoms with van der Waals surface area (Å²) in [5.74, 6) is 0.766. The van der Waals surface area contributed by atoms with Crippen LogP contribution in [0.4, 0.5) is 0 Å². The average molecular weight is 212 g/mol. The smallest absolute Gasteiger partial charge is 0.0581 e. The van der Waals surface area contributed by atoms with Crippen molar-refractivity contribution in [2.45, 2.75) is 65.9 Å². The Morgan fingerprint density at radius 2 is 1.67 bits per heavy atom. The minimum absolute atomic E-state index is 0.380. The van der Waals surface area contributed by atoms with E-state index in [0.29, 0.717) is 6.10 Å². The van der Waals surface area contributed by atoms with Crippen LogP contribution in [0.2, 0.25) is 0 Å². The zero-order valence-electron chi connectivity index (χ0n) is 11.0.